The topological polar surface area (TPSA) is 84.9 Å². The van der Waals surface area contributed by atoms with E-state index in [0.717, 1.165) is 21.2 Å². The van der Waals surface area contributed by atoms with Crippen LogP contribution in [0.15, 0.2) is 77.7 Å². The predicted molar refractivity (Wildman–Crippen MR) is 128 cm³/mol. The van der Waals surface area contributed by atoms with Crippen molar-refractivity contribution in [2.75, 3.05) is 31.1 Å². The van der Waals surface area contributed by atoms with Crippen molar-refractivity contribution >= 4 is 21.6 Å². The Morgan fingerprint density at radius 2 is 1.64 bits per heavy atom. The van der Waals surface area contributed by atoms with E-state index in [9.17, 15) is 13.2 Å². The fourth-order valence-electron chi connectivity index (χ4n) is 3.20. The molecule has 0 atom stereocenters. The number of methoxy groups -OCH3 is 1. The number of anilines is 1. The van der Waals surface area contributed by atoms with E-state index in [-0.39, 0.29) is 24.6 Å². The van der Waals surface area contributed by atoms with Crippen molar-refractivity contribution in [3.05, 3.63) is 83.9 Å². The maximum atomic E-state index is 13.3. The van der Waals surface area contributed by atoms with E-state index < -0.39 is 15.9 Å². The molecule has 0 saturated heterocycles. The van der Waals surface area contributed by atoms with Crippen LogP contribution in [0.1, 0.15) is 11.1 Å². The lowest BCUT2D eigenvalue weighted by Crippen LogP contribution is -2.41. The van der Waals surface area contributed by atoms with Crippen LogP contribution >= 0.6 is 0 Å². The number of ether oxygens (including phenoxy) is 2. The third kappa shape index (κ3) is 6.04. The number of hydrogen-bond donors (Lipinski definition) is 1. The molecule has 0 radical (unpaired) electrons. The highest BCUT2D eigenvalue weighted by Gasteiger charge is 2.27. The fourth-order valence-corrected chi connectivity index (χ4v) is 4.64. The van der Waals surface area contributed by atoms with E-state index in [4.69, 9.17) is 9.47 Å². The molecule has 0 aliphatic rings. The number of carbonyl (C=O) groups is 1. The molecule has 0 aliphatic carbocycles. The summed E-state index contributed by atoms with van der Waals surface area (Å²) in [5, 5.41) is 2.74. The van der Waals surface area contributed by atoms with Crippen molar-refractivity contribution in [2.24, 2.45) is 0 Å². The molecule has 8 heteroatoms. The van der Waals surface area contributed by atoms with E-state index in [1.165, 1.54) is 19.2 Å². The lowest BCUT2D eigenvalue weighted by Gasteiger charge is -2.24. The summed E-state index contributed by atoms with van der Waals surface area (Å²) in [7, 11) is -2.42. The van der Waals surface area contributed by atoms with E-state index in [1.54, 1.807) is 42.5 Å². The smallest absolute Gasteiger partial charge is 0.264 e. The third-order valence-corrected chi connectivity index (χ3v) is 7.00. The summed E-state index contributed by atoms with van der Waals surface area (Å²) in [6.45, 7) is 4.13. The van der Waals surface area contributed by atoms with Crippen LogP contribution in [-0.2, 0) is 14.8 Å². The molecular formula is C25H28N2O5S. The Morgan fingerprint density at radius 3 is 2.30 bits per heavy atom. The molecule has 0 saturated carbocycles. The molecule has 1 amide bonds. The van der Waals surface area contributed by atoms with Crippen LogP contribution in [0, 0.1) is 13.8 Å². The molecular weight excluding hydrogens is 440 g/mol. The summed E-state index contributed by atoms with van der Waals surface area (Å²) in [6, 6.07) is 20.3. The van der Waals surface area contributed by atoms with Gasteiger partial charge in [0.1, 0.15) is 24.7 Å². The number of hydrogen-bond acceptors (Lipinski definition) is 5. The van der Waals surface area contributed by atoms with E-state index in [0.29, 0.717) is 11.4 Å². The van der Waals surface area contributed by atoms with Crippen LogP contribution in [0.2, 0.25) is 0 Å². The van der Waals surface area contributed by atoms with E-state index >= 15 is 0 Å². The fraction of sp³-hybridized carbons (Fsp3) is 0.240. The monoisotopic (exact) mass is 468 g/mol. The van der Waals surface area contributed by atoms with Crippen molar-refractivity contribution in [3.63, 3.8) is 0 Å². The minimum Gasteiger partial charge on any atom is -0.497 e. The molecule has 174 valence electrons. The zero-order chi connectivity index (χ0) is 23.8. The Hall–Kier alpha value is -3.52. The number of nitrogens with zero attached hydrogens (tertiary/aromatic N) is 1. The number of sulfonamides is 1. The second-order valence-electron chi connectivity index (χ2n) is 7.42. The SMILES string of the molecule is COc1ccc(N(CC(=O)NCCOc2cccc(C)c2C)S(=O)(=O)c2ccccc2)cc1. The highest BCUT2D eigenvalue weighted by atomic mass is 32.2. The molecule has 0 heterocycles. The van der Waals surface area contributed by atoms with E-state index in [2.05, 4.69) is 5.32 Å². The van der Waals surface area contributed by atoms with Crippen LogP contribution in [0.3, 0.4) is 0 Å². The summed E-state index contributed by atoms with van der Waals surface area (Å²) in [6.07, 6.45) is 0. The van der Waals surface area contributed by atoms with Gasteiger partial charge in [0.15, 0.2) is 0 Å². The Kier molecular flexibility index (Phi) is 7.95. The van der Waals surface area contributed by atoms with Gasteiger partial charge in [-0.1, -0.05) is 30.3 Å². The molecule has 0 bridgehead atoms. The number of nitrogens with one attached hydrogen (secondary N) is 1. The normalized spacial score (nSPS) is 11.0. The van der Waals surface area contributed by atoms with Gasteiger partial charge in [0.2, 0.25) is 5.91 Å². The highest BCUT2D eigenvalue weighted by Crippen LogP contribution is 2.25. The first-order valence-electron chi connectivity index (χ1n) is 10.5. The molecule has 3 rings (SSSR count). The second-order valence-corrected chi connectivity index (χ2v) is 9.28. The minimum atomic E-state index is -3.95. The molecule has 0 spiro atoms. The second kappa shape index (κ2) is 10.9. The number of aryl methyl sites for hydroxylation is 1. The molecule has 7 nitrogen and oxygen atoms in total. The summed E-state index contributed by atoms with van der Waals surface area (Å²) < 4.78 is 38.6. The third-order valence-electron chi connectivity index (χ3n) is 5.22. The number of carbonyl (C=O) groups excluding carboxylic acids is 1. The zero-order valence-corrected chi connectivity index (χ0v) is 19.8. The largest absolute Gasteiger partial charge is 0.497 e. The molecule has 0 fully saturated rings. The highest BCUT2D eigenvalue weighted by molar-refractivity contribution is 7.92. The van der Waals surface area contributed by atoms with Crippen molar-refractivity contribution < 1.29 is 22.7 Å². The van der Waals surface area contributed by atoms with Gasteiger partial charge in [0.25, 0.3) is 10.0 Å². The van der Waals surface area contributed by atoms with Crippen LogP contribution in [-0.4, -0.2) is 41.1 Å². The van der Waals surface area contributed by atoms with Gasteiger partial charge in [-0.15, -0.1) is 0 Å². The maximum Gasteiger partial charge on any atom is 0.264 e. The molecule has 33 heavy (non-hydrogen) atoms. The summed E-state index contributed by atoms with van der Waals surface area (Å²) in [5.74, 6) is 0.912. The molecule has 3 aromatic rings. The van der Waals surface area contributed by atoms with Gasteiger partial charge in [-0.25, -0.2) is 8.42 Å². The van der Waals surface area contributed by atoms with Crippen LogP contribution in [0.5, 0.6) is 11.5 Å². The van der Waals surface area contributed by atoms with Crippen molar-refractivity contribution in [3.8, 4) is 11.5 Å². The first-order chi connectivity index (χ1) is 15.8. The lowest BCUT2D eigenvalue weighted by molar-refractivity contribution is -0.119. The van der Waals surface area contributed by atoms with Crippen LogP contribution in [0.25, 0.3) is 0 Å². The molecule has 0 aliphatic heterocycles. The Balaban J connectivity index is 1.70. The summed E-state index contributed by atoms with van der Waals surface area (Å²) in [5.41, 5.74) is 2.53. The van der Waals surface area contributed by atoms with Gasteiger partial charge in [0.05, 0.1) is 24.2 Å². The predicted octanol–water partition coefficient (Wildman–Crippen LogP) is 3.70. The number of amides is 1. The van der Waals surface area contributed by atoms with Crippen molar-refractivity contribution in [1.82, 2.24) is 5.32 Å². The van der Waals surface area contributed by atoms with Gasteiger partial charge < -0.3 is 14.8 Å². The zero-order valence-electron chi connectivity index (χ0n) is 18.9. The van der Waals surface area contributed by atoms with Gasteiger partial charge >= 0.3 is 0 Å². The molecule has 0 aromatic heterocycles. The number of benzene rings is 3. The average molecular weight is 469 g/mol. The molecule has 1 N–H and O–H groups in total. The van der Waals surface area contributed by atoms with Crippen LogP contribution in [0.4, 0.5) is 5.69 Å². The molecule has 0 unspecified atom stereocenters. The van der Waals surface area contributed by atoms with Crippen molar-refractivity contribution in [2.45, 2.75) is 18.7 Å². The summed E-state index contributed by atoms with van der Waals surface area (Å²) in [4.78, 5) is 12.8. The lowest BCUT2D eigenvalue weighted by atomic mass is 10.1. The first-order valence-corrected chi connectivity index (χ1v) is 11.9. The minimum absolute atomic E-state index is 0.104. The summed E-state index contributed by atoms with van der Waals surface area (Å²) >= 11 is 0. The van der Waals surface area contributed by atoms with Gasteiger partial charge in [-0.2, -0.15) is 0 Å². The number of rotatable bonds is 10. The Labute approximate surface area is 195 Å². The van der Waals surface area contributed by atoms with Crippen molar-refractivity contribution in [1.29, 1.82) is 0 Å². The average Bonchev–Trinajstić information content (AvgIpc) is 2.83. The quantitative estimate of drug-likeness (QED) is 0.459. The Morgan fingerprint density at radius 1 is 0.939 bits per heavy atom. The van der Waals surface area contributed by atoms with E-state index in [1.807, 2.05) is 32.0 Å². The Bertz CT molecular complexity index is 1180. The van der Waals surface area contributed by atoms with Crippen LogP contribution < -0.4 is 19.1 Å². The molecule has 3 aromatic carbocycles. The standard InChI is InChI=1S/C25H28N2O5S/c1-19-8-7-11-24(20(19)2)32-17-16-26-25(28)18-27(21-12-14-22(31-3)15-13-21)33(29,30)23-9-5-4-6-10-23/h4-15H,16-18H2,1-3H3,(H,26,28). The van der Waals surface area contributed by atoms with Gasteiger partial charge in [0, 0.05) is 0 Å². The first kappa shape index (κ1) is 24.1. The van der Waals surface area contributed by atoms with Gasteiger partial charge in [-0.3, -0.25) is 9.10 Å². The maximum absolute atomic E-state index is 13.3. The van der Waals surface area contributed by atoms with Gasteiger partial charge in [-0.05, 0) is 67.4 Å².